The number of nitrogens with one attached hydrogen (secondary N) is 2. The summed E-state index contributed by atoms with van der Waals surface area (Å²) in [5.74, 6) is -0.795. The Labute approximate surface area is 107 Å². The van der Waals surface area contributed by atoms with Crippen molar-refractivity contribution in [1.82, 2.24) is 10.6 Å². The molecule has 104 valence electrons. The van der Waals surface area contributed by atoms with E-state index >= 15 is 0 Å². The molecule has 0 aromatic heterocycles. The molecule has 1 saturated carbocycles. The van der Waals surface area contributed by atoms with E-state index in [1.54, 1.807) is 0 Å². The summed E-state index contributed by atoms with van der Waals surface area (Å²) in [6, 6.07) is 0.423. The smallest absolute Gasteiger partial charge is 0.303 e. The Kier molecular flexibility index (Phi) is 6.07. The molecule has 1 aliphatic carbocycles. The van der Waals surface area contributed by atoms with Gasteiger partial charge in [0, 0.05) is 25.7 Å². The van der Waals surface area contributed by atoms with Gasteiger partial charge in [-0.05, 0) is 31.1 Å². The number of carboxylic acids is 1. The predicted molar refractivity (Wildman–Crippen MR) is 68.1 cm³/mol. The van der Waals surface area contributed by atoms with Gasteiger partial charge in [0.25, 0.3) is 0 Å². The Hall–Kier alpha value is -1.14. The minimum Gasteiger partial charge on any atom is -0.481 e. The number of carbonyl (C=O) groups excluding carboxylic acids is 1. The number of carboxylic acid groups (broad SMARTS) is 1. The normalized spacial score (nSPS) is 27.7. The van der Waals surface area contributed by atoms with Crippen LogP contribution in [0.25, 0.3) is 0 Å². The first kappa shape index (κ1) is 14.9. The highest BCUT2D eigenvalue weighted by Crippen LogP contribution is 2.38. The van der Waals surface area contributed by atoms with Crippen molar-refractivity contribution in [2.75, 3.05) is 19.6 Å². The summed E-state index contributed by atoms with van der Waals surface area (Å²) < 4.78 is 0. The minimum absolute atomic E-state index is 0.122. The van der Waals surface area contributed by atoms with Crippen molar-refractivity contribution >= 4 is 12.4 Å². The Balaban J connectivity index is 2.49. The Morgan fingerprint density at radius 2 is 2.11 bits per heavy atom. The first-order valence-electron chi connectivity index (χ1n) is 6.44. The number of hydrogen-bond acceptors (Lipinski definition) is 4. The van der Waals surface area contributed by atoms with Gasteiger partial charge in [-0.3, -0.25) is 9.59 Å². The maximum Gasteiger partial charge on any atom is 0.303 e. The van der Waals surface area contributed by atoms with Gasteiger partial charge in [0.1, 0.15) is 0 Å². The summed E-state index contributed by atoms with van der Waals surface area (Å²) in [6.45, 7) is 1.86. The van der Waals surface area contributed by atoms with E-state index in [-0.39, 0.29) is 11.8 Å². The molecule has 0 atom stereocenters. The van der Waals surface area contributed by atoms with E-state index in [1.165, 1.54) is 0 Å². The van der Waals surface area contributed by atoms with Gasteiger partial charge in [-0.1, -0.05) is 0 Å². The second-order valence-corrected chi connectivity index (χ2v) is 5.09. The van der Waals surface area contributed by atoms with Crippen molar-refractivity contribution in [1.29, 1.82) is 0 Å². The molecule has 0 bridgehead atoms. The van der Waals surface area contributed by atoms with Crippen LogP contribution >= 0.6 is 0 Å². The van der Waals surface area contributed by atoms with Gasteiger partial charge >= 0.3 is 5.97 Å². The van der Waals surface area contributed by atoms with Crippen LogP contribution in [-0.2, 0) is 9.59 Å². The van der Waals surface area contributed by atoms with Crippen LogP contribution < -0.4 is 16.4 Å². The molecule has 6 nitrogen and oxygen atoms in total. The van der Waals surface area contributed by atoms with Crippen LogP contribution in [0.1, 0.15) is 32.1 Å². The highest BCUT2D eigenvalue weighted by atomic mass is 16.4. The molecule has 18 heavy (non-hydrogen) atoms. The van der Waals surface area contributed by atoms with Gasteiger partial charge in [-0.2, -0.15) is 0 Å². The van der Waals surface area contributed by atoms with Crippen LogP contribution in [0.5, 0.6) is 0 Å². The lowest BCUT2D eigenvalue weighted by Gasteiger charge is -2.39. The molecule has 0 aromatic rings. The highest BCUT2D eigenvalue weighted by Gasteiger charge is 2.36. The Bertz CT molecular complexity index is 276. The van der Waals surface area contributed by atoms with E-state index in [9.17, 15) is 9.59 Å². The molecule has 1 fully saturated rings. The molecule has 6 heteroatoms. The monoisotopic (exact) mass is 257 g/mol. The van der Waals surface area contributed by atoms with E-state index in [1.807, 2.05) is 0 Å². The zero-order valence-corrected chi connectivity index (χ0v) is 10.7. The molecule has 1 aliphatic rings. The molecular weight excluding hydrogens is 234 g/mol. The molecule has 0 unspecified atom stereocenters. The number of carbonyl (C=O) groups is 2. The third kappa shape index (κ3) is 4.62. The fourth-order valence-corrected chi connectivity index (χ4v) is 2.72. The molecule has 0 spiro atoms. The quantitative estimate of drug-likeness (QED) is 0.446. The third-order valence-electron chi connectivity index (χ3n) is 3.71. The van der Waals surface area contributed by atoms with Crippen LogP contribution in [-0.4, -0.2) is 43.2 Å². The fraction of sp³-hybridized carbons (Fsp3) is 0.833. The van der Waals surface area contributed by atoms with E-state index in [0.717, 1.165) is 32.2 Å². The van der Waals surface area contributed by atoms with Crippen molar-refractivity contribution in [2.24, 2.45) is 11.1 Å². The number of amides is 1. The maximum atomic E-state index is 10.9. The fourth-order valence-electron chi connectivity index (χ4n) is 2.72. The summed E-state index contributed by atoms with van der Waals surface area (Å²) in [7, 11) is 0. The Morgan fingerprint density at radius 3 is 2.61 bits per heavy atom. The van der Waals surface area contributed by atoms with Crippen molar-refractivity contribution in [3.8, 4) is 0 Å². The summed E-state index contributed by atoms with van der Waals surface area (Å²) in [5, 5.41) is 15.0. The second-order valence-electron chi connectivity index (χ2n) is 5.09. The van der Waals surface area contributed by atoms with Crippen molar-refractivity contribution < 1.29 is 14.7 Å². The largest absolute Gasteiger partial charge is 0.481 e. The van der Waals surface area contributed by atoms with Crippen molar-refractivity contribution in [2.45, 2.75) is 38.1 Å². The molecule has 1 amide bonds. The van der Waals surface area contributed by atoms with Gasteiger partial charge in [-0.15, -0.1) is 0 Å². The van der Waals surface area contributed by atoms with Crippen molar-refractivity contribution in [3.63, 3.8) is 0 Å². The summed E-state index contributed by atoms with van der Waals surface area (Å²) in [4.78, 5) is 21.3. The van der Waals surface area contributed by atoms with Gasteiger partial charge in [0.15, 0.2) is 0 Å². The molecule has 5 N–H and O–H groups in total. The van der Waals surface area contributed by atoms with Gasteiger partial charge in [0.2, 0.25) is 6.41 Å². The van der Waals surface area contributed by atoms with E-state index in [4.69, 9.17) is 10.8 Å². The number of rotatable bonds is 8. The molecule has 0 radical (unpaired) electrons. The molecule has 1 rings (SSSR count). The first-order valence-corrected chi connectivity index (χ1v) is 6.44. The topological polar surface area (TPSA) is 104 Å². The lowest BCUT2D eigenvalue weighted by molar-refractivity contribution is -0.140. The van der Waals surface area contributed by atoms with E-state index < -0.39 is 5.97 Å². The molecule has 0 saturated heterocycles. The molecule has 0 aliphatic heterocycles. The first-order chi connectivity index (χ1) is 8.62. The van der Waals surface area contributed by atoms with Crippen LogP contribution in [0.2, 0.25) is 0 Å². The van der Waals surface area contributed by atoms with Gasteiger partial charge < -0.3 is 21.5 Å². The number of nitrogens with two attached hydrogens (primary N) is 1. The summed E-state index contributed by atoms with van der Waals surface area (Å²) in [5.41, 5.74) is 5.16. The SMILES string of the molecule is NCCNC1CCC(CNC=O)(CC(=O)O)CC1. The lowest BCUT2D eigenvalue weighted by Crippen LogP contribution is -2.44. The van der Waals surface area contributed by atoms with E-state index in [0.29, 0.717) is 25.5 Å². The van der Waals surface area contributed by atoms with Crippen LogP contribution in [0.15, 0.2) is 0 Å². The highest BCUT2D eigenvalue weighted by molar-refractivity contribution is 5.67. The van der Waals surface area contributed by atoms with Crippen molar-refractivity contribution in [3.05, 3.63) is 0 Å². The molecular formula is C12H23N3O3. The minimum atomic E-state index is -0.795. The average molecular weight is 257 g/mol. The number of hydrogen-bond donors (Lipinski definition) is 4. The van der Waals surface area contributed by atoms with Gasteiger partial charge in [0.05, 0.1) is 6.42 Å². The maximum absolute atomic E-state index is 10.9. The summed E-state index contributed by atoms with van der Waals surface area (Å²) in [6.07, 6.45) is 4.28. The lowest BCUT2D eigenvalue weighted by atomic mass is 9.70. The molecule has 0 aromatic carbocycles. The third-order valence-corrected chi connectivity index (χ3v) is 3.71. The summed E-state index contributed by atoms with van der Waals surface area (Å²) >= 11 is 0. The number of aliphatic carboxylic acids is 1. The van der Waals surface area contributed by atoms with Gasteiger partial charge in [-0.25, -0.2) is 0 Å². The van der Waals surface area contributed by atoms with E-state index in [2.05, 4.69) is 10.6 Å². The predicted octanol–water partition coefficient (Wildman–Crippen LogP) is -0.316. The standard InChI is InChI=1S/C12H23N3O3/c13-5-6-15-10-1-3-12(4-2-10,7-11(17)18)8-14-9-16/h9-10,15H,1-8,13H2,(H,14,16)(H,17,18). The zero-order chi connectivity index (χ0) is 13.4. The zero-order valence-electron chi connectivity index (χ0n) is 10.7. The van der Waals surface area contributed by atoms with Crippen LogP contribution in [0, 0.1) is 5.41 Å². The Morgan fingerprint density at radius 1 is 1.44 bits per heavy atom. The average Bonchev–Trinajstić information content (AvgIpc) is 2.35. The second kappa shape index (κ2) is 7.33. The van der Waals surface area contributed by atoms with Crippen LogP contribution in [0.3, 0.4) is 0 Å². The van der Waals surface area contributed by atoms with Crippen LogP contribution in [0.4, 0.5) is 0 Å². The molecule has 0 heterocycles.